The number of rotatable bonds is 3. The maximum absolute atomic E-state index is 11.4. The molecule has 0 saturated heterocycles. The van der Waals surface area contributed by atoms with E-state index in [1.807, 2.05) is 0 Å². The molecule has 0 aliphatic carbocycles. The number of carbonyl (C=O) groups is 2. The summed E-state index contributed by atoms with van der Waals surface area (Å²) in [5.41, 5.74) is 1.31. The standard InChI is InChI=1S/C13H13N3O2/c1-8(17)11-4-12(9(2)18)6-13(5-11)16-10(3)15-7-14/h4-6H,1-3H3,(H,15,16). The Balaban J connectivity index is 3.28. The SMILES string of the molecule is CC(=O)c1cc(N=C(C)NC#N)cc(C(C)=O)c1. The molecule has 1 rings (SSSR count). The second-order valence-corrected chi connectivity index (χ2v) is 3.81. The highest BCUT2D eigenvalue weighted by molar-refractivity contribution is 6.01. The molecule has 0 unspecified atom stereocenters. The fraction of sp³-hybridized carbons (Fsp3) is 0.231. The number of nitriles is 1. The molecule has 0 fully saturated rings. The Morgan fingerprint density at radius 1 is 1.11 bits per heavy atom. The zero-order chi connectivity index (χ0) is 13.7. The molecule has 0 saturated carbocycles. The maximum atomic E-state index is 11.4. The predicted molar refractivity (Wildman–Crippen MR) is 68.0 cm³/mol. The molecule has 5 nitrogen and oxygen atoms in total. The van der Waals surface area contributed by atoms with Crippen LogP contribution in [0.5, 0.6) is 0 Å². The van der Waals surface area contributed by atoms with Gasteiger partial charge in [-0.1, -0.05) is 0 Å². The van der Waals surface area contributed by atoms with E-state index < -0.39 is 0 Å². The van der Waals surface area contributed by atoms with Crippen molar-refractivity contribution in [2.24, 2.45) is 4.99 Å². The van der Waals surface area contributed by atoms with Gasteiger partial charge in [0.15, 0.2) is 17.8 Å². The van der Waals surface area contributed by atoms with Crippen LogP contribution in [0.3, 0.4) is 0 Å². The lowest BCUT2D eigenvalue weighted by atomic mass is 10.0. The molecule has 0 atom stereocenters. The van der Waals surface area contributed by atoms with Crippen LogP contribution in [0.1, 0.15) is 41.5 Å². The number of hydrogen-bond donors (Lipinski definition) is 1. The highest BCUT2D eigenvalue weighted by atomic mass is 16.1. The number of nitrogens with one attached hydrogen (secondary N) is 1. The van der Waals surface area contributed by atoms with E-state index in [2.05, 4.69) is 10.3 Å². The molecule has 1 aromatic rings. The minimum atomic E-state index is -0.138. The Kier molecular flexibility index (Phi) is 4.33. The molecule has 0 aliphatic heterocycles. The van der Waals surface area contributed by atoms with Gasteiger partial charge in [-0.05, 0) is 39.0 Å². The molecule has 0 heterocycles. The molecular formula is C13H13N3O2. The summed E-state index contributed by atoms with van der Waals surface area (Å²) in [6.45, 7) is 4.47. The van der Waals surface area contributed by atoms with E-state index in [0.717, 1.165) is 0 Å². The van der Waals surface area contributed by atoms with Crippen LogP contribution in [-0.2, 0) is 0 Å². The van der Waals surface area contributed by atoms with Gasteiger partial charge in [-0.25, -0.2) is 4.99 Å². The van der Waals surface area contributed by atoms with Gasteiger partial charge in [0.25, 0.3) is 0 Å². The molecule has 0 spiro atoms. The van der Waals surface area contributed by atoms with Crippen LogP contribution in [0, 0.1) is 11.5 Å². The van der Waals surface area contributed by atoms with Crippen LogP contribution in [0.15, 0.2) is 23.2 Å². The Bertz CT molecular complexity index is 536. The quantitative estimate of drug-likeness (QED) is 0.290. The topological polar surface area (TPSA) is 82.3 Å². The van der Waals surface area contributed by atoms with Crippen molar-refractivity contribution in [1.29, 1.82) is 5.26 Å². The molecule has 1 aromatic carbocycles. The fourth-order valence-corrected chi connectivity index (χ4v) is 1.38. The number of Topliss-reactive ketones (excluding diaryl/α,β-unsaturated/α-hetero) is 2. The van der Waals surface area contributed by atoms with E-state index in [1.165, 1.54) is 19.9 Å². The van der Waals surface area contributed by atoms with Crippen molar-refractivity contribution >= 4 is 23.1 Å². The average Bonchev–Trinajstić information content (AvgIpc) is 2.28. The summed E-state index contributed by atoms with van der Waals surface area (Å²) in [5.74, 6) is 0.119. The number of benzene rings is 1. The second kappa shape index (κ2) is 5.73. The normalized spacial score (nSPS) is 10.7. The number of carbonyl (C=O) groups excluding carboxylic acids is 2. The van der Waals surface area contributed by atoms with Crippen molar-refractivity contribution < 1.29 is 9.59 Å². The van der Waals surface area contributed by atoms with Crippen LogP contribution in [0.2, 0.25) is 0 Å². The van der Waals surface area contributed by atoms with Crippen molar-refractivity contribution in [1.82, 2.24) is 5.32 Å². The molecular weight excluding hydrogens is 230 g/mol. The maximum Gasteiger partial charge on any atom is 0.182 e. The fourth-order valence-electron chi connectivity index (χ4n) is 1.38. The summed E-state index contributed by atoms with van der Waals surface area (Å²) >= 11 is 0. The summed E-state index contributed by atoms with van der Waals surface area (Å²) in [6.07, 6.45) is 1.75. The van der Waals surface area contributed by atoms with Crippen LogP contribution in [0.25, 0.3) is 0 Å². The Hall–Kier alpha value is -2.48. The van der Waals surface area contributed by atoms with Crippen LogP contribution in [-0.4, -0.2) is 17.4 Å². The average molecular weight is 243 g/mol. The van der Waals surface area contributed by atoms with Gasteiger partial charge in [-0.2, -0.15) is 5.26 Å². The largest absolute Gasteiger partial charge is 0.295 e. The molecule has 0 bridgehead atoms. The van der Waals surface area contributed by atoms with Gasteiger partial charge >= 0.3 is 0 Å². The van der Waals surface area contributed by atoms with Gasteiger partial charge in [-0.15, -0.1) is 0 Å². The first kappa shape index (κ1) is 13.6. The van der Waals surface area contributed by atoms with Crippen molar-refractivity contribution in [3.05, 3.63) is 29.3 Å². The van der Waals surface area contributed by atoms with Gasteiger partial charge in [-0.3, -0.25) is 14.9 Å². The molecule has 1 N–H and O–H groups in total. The Morgan fingerprint density at radius 3 is 2.00 bits per heavy atom. The first-order valence-electron chi connectivity index (χ1n) is 5.31. The van der Waals surface area contributed by atoms with Gasteiger partial charge < -0.3 is 0 Å². The minimum Gasteiger partial charge on any atom is -0.295 e. The van der Waals surface area contributed by atoms with Crippen molar-refractivity contribution in [3.8, 4) is 6.19 Å². The van der Waals surface area contributed by atoms with Gasteiger partial charge in [0.05, 0.1) is 5.69 Å². The number of ketones is 2. The molecule has 92 valence electrons. The highest BCUT2D eigenvalue weighted by Gasteiger charge is 2.07. The number of aliphatic imine (C=N–C) groups is 1. The Morgan fingerprint density at radius 2 is 1.61 bits per heavy atom. The van der Waals surface area contributed by atoms with E-state index in [9.17, 15) is 9.59 Å². The third-order valence-electron chi connectivity index (χ3n) is 2.26. The van der Waals surface area contributed by atoms with E-state index in [4.69, 9.17) is 5.26 Å². The summed E-state index contributed by atoms with van der Waals surface area (Å²) in [7, 11) is 0. The predicted octanol–water partition coefficient (Wildman–Crippen LogP) is 2.21. The monoisotopic (exact) mass is 243 g/mol. The van der Waals surface area contributed by atoms with Crippen LogP contribution in [0.4, 0.5) is 5.69 Å². The summed E-state index contributed by atoms with van der Waals surface area (Å²) < 4.78 is 0. The molecule has 0 radical (unpaired) electrons. The number of amidine groups is 1. The van der Waals surface area contributed by atoms with Crippen LogP contribution < -0.4 is 5.32 Å². The molecule has 0 amide bonds. The third-order valence-corrected chi connectivity index (χ3v) is 2.26. The van der Waals surface area contributed by atoms with Crippen molar-refractivity contribution in [3.63, 3.8) is 0 Å². The van der Waals surface area contributed by atoms with E-state index in [1.54, 1.807) is 25.2 Å². The lowest BCUT2D eigenvalue weighted by Crippen LogP contribution is -2.12. The first-order valence-corrected chi connectivity index (χ1v) is 5.31. The molecule has 0 aromatic heterocycles. The van der Waals surface area contributed by atoms with Gasteiger partial charge in [0.2, 0.25) is 0 Å². The zero-order valence-electron chi connectivity index (χ0n) is 10.4. The second-order valence-electron chi connectivity index (χ2n) is 3.81. The van der Waals surface area contributed by atoms with E-state index >= 15 is 0 Å². The van der Waals surface area contributed by atoms with E-state index in [0.29, 0.717) is 22.6 Å². The third kappa shape index (κ3) is 3.52. The Labute approximate surface area is 105 Å². The van der Waals surface area contributed by atoms with Crippen LogP contribution >= 0.6 is 0 Å². The van der Waals surface area contributed by atoms with Gasteiger partial charge in [0, 0.05) is 11.1 Å². The number of nitrogens with zero attached hydrogens (tertiary/aromatic N) is 2. The number of hydrogen-bond acceptors (Lipinski definition) is 4. The minimum absolute atomic E-state index is 0.138. The lowest BCUT2D eigenvalue weighted by molar-refractivity contribution is 0.101. The van der Waals surface area contributed by atoms with Crippen molar-refractivity contribution in [2.45, 2.75) is 20.8 Å². The smallest absolute Gasteiger partial charge is 0.182 e. The van der Waals surface area contributed by atoms with Gasteiger partial charge in [0.1, 0.15) is 5.84 Å². The summed E-state index contributed by atoms with van der Waals surface area (Å²) in [5, 5.41) is 10.8. The van der Waals surface area contributed by atoms with E-state index in [-0.39, 0.29) is 11.6 Å². The highest BCUT2D eigenvalue weighted by Crippen LogP contribution is 2.19. The first-order chi connectivity index (χ1) is 8.43. The van der Waals surface area contributed by atoms with Crippen molar-refractivity contribution in [2.75, 3.05) is 0 Å². The molecule has 0 aliphatic rings. The molecule has 5 heteroatoms. The summed E-state index contributed by atoms with van der Waals surface area (Å²) in [6, 6.07) is 4.70. The zero-order valence-corrected chi connectivity index (χ0v) is 10.4. The lowest BCUT2D eigenvalue weighted by Gasteiger charge is -2.04. The summed E-state index contributed by atoms with van der Waals surface area (Å²) in [4.78, 5) is 26.8. The molecule has 18 heavy (non-hydrogen) atoms.